The summed E-state index contributed by atoms with van der Waals surface area (Å²) in [7, 11) is -1.53. The lowest BCUT2D eigenvalue weighted by atomic mass is 9.98. The van der Waals surface area contributed by atoms with Gasteiger partial charge in [0, 0.05) is 13.1 Å². The standard InChI is InChI=1S/C15H21N3O2S/c1-12-9-14(10-16)3-4-15(12)21(19,20)18-7-5-13(6-8-18)11-17-2/h3-4,9,13,17H,5-8,11H2,1-2H3. The summed E-state index contributed by atoms with van der Waals surface area (Å²) in [4.78, 5) is 0.313. The molecule has 1 aromatic rings. The predicted octanol–water partition coefficient (Wildman–Crippen LogP) is 1.49. The second-order valence-corrected chi connectivity index (χ2v) is 7.40. The van der Waals surface area contributed by atoms with Crippen molar-refractivity contribution in [2.45, 2.75) is 24.7 Å². The first-order valence-corrected chi connectivity index (χ1v) is 8.58. The molecule has 2 rings (SSSR count). The Hall–Kier alpha value is -1.42. The summed E-state index contributed by atoms with van der Waals surface area (Å²) >= 11 is 0. The third kappa shape index (κ3) is 3.43. The van der Waals surface area contributed by atoms with E-state index in [0.717, 1.165) is 19.4 Å². The van der Waals surface area contributed by atoms with Crippen LogP contribution in [-0.4, -0.2) is 39.4 Å². The van der Waals surface area contributed by atoms with Gasteiger partial charge >= 0.3 is 0 Å². The molecule has 0 saturated carbocycles. The number of aryl methyl sites for hydroxylation is 1. The lowest BCUT2D eigenvalue weighted by molar-refractivity contribution is 0.270. The molecule has 6 heteroatoms. The van der Waals surface area contributed by atoms with Crippen LogP contribution in [0, 0.1) is 24.2 Å². The van der Waals surface area contributed by atoms with E-state index in [2.05, 4.69) is 5.32 Å². The van der Waals surface area contributed by atoms with Crippen molar-refractivity contribution in [3.63, 3.8) is 0 Å². The van der Waals surface area contributed by atoms with Crippen molar-refractivity contribution in [1.82, 2.24) is 9.62 Å². The van der Waals surface area contributed by atoms with Crippen LogP contribution in [0.5, 0.6) is 0 Å². The summed E-state index contributed by atoms with van der Waals surface area (Å²) in [6, 6.07) is 6.76. The summed E-state index contributed by atoms with van der Waals surface area (Å²) in [5.74, 6) is 0.545. The molecule has 0 spiro atoms. The summed E-state index contributed by atoms with van der Waals surface area (Å²) in [6.07, 6.45) is 1.77. The van der Waals surface area contributed by atoms with Gasteiger partial charge in [0.05, 0.1) is 16.5 Å². The van der Waals surface area contributed by atoms with Crippen molar-refractivity contribution in [3.8, 4) is 6.07 Å². The van der Waals surface area contributed by atoms with Gasteiger partial charge in [0.25, 0.3) is 0 Å². The Bertz CT molecular complexity index is 641. The van der Waals surface area contributed by atoms with Crippen LogP contribution in [0.3, 0.4) is 0 Å². The van der Waals surface area contributed by atoms with Gasteiger partial charge in [0.15, 0.2) is 0 Å². The maximum Gasteiger partial charge on any atom is 0.243 e. The van der Waals surface area contributed by atoms with E-state index in [9.17, 15) is 8.42 Å². The van der Waals surface area contributed by atoms with Gasteiger partial charge in [0.1, 0.15) is 0 Å². The molecule has 0 unspecified atom stereocenters. The van der Waals surface area contributed by atoms with Gasteiger partial charge in [-0.15, -0.1) is 0 Å². The van der Waals surface area contributed by atoms with Crippen LogP contribution in [0.25, 0.3) is 0 Å². The Morgan fingerprint density at radius 1 is 1.38 bits per heavy atom. The molecule has 0 radical (unpaired) electrons. The van der Waals surface area contributed by atoms with E-state index in [-0.39, 0.29) is 0 Å². The topological polar surface area (TPSA) is 73.2 Å². The average molecular weight is 307 g/mol. The molecule has 5 nitrogen and oxygen atoms in total. The number of hydrogen-bond acceptors (Lipinski definition) is 4. The number of hydrogen-bond donors (Lipinski definition) is 1. The third-order valence-corrected chi connectivity index (χ3v) is 6.05. The summed E-state index contributed by atoms with van der Waals surface area (Å²) in [5.41, 5.74) is 1.12. The van der Waals surface area contributed by atoms with Gasteiger partial charge in [0.2, 0.25) is 10.0 Å². The van der Waals surface area contributed by atoms with Gasteiger partial charge in [-0.05, 0) is 63.0 Å². The molecule has 0 aliphatic carbocycles. The maximum atomic E-state index is 12.7. The Labute approximate surface area is 126 Å². The van der Waals surface area contributed by atoms with Crippen LogP contribution >= 0.6 is 0 Å². The summed E-state index contributed by atoms with van der Waals surface area (Å²) in [5, 5.41) is 12.0. The van der Waals surface area contributed by atoms with Crippen LogP contribution in [0.2, 0.25) is 0 Å². The van der Waals surface area contributed by atoms with E-state index in [1.807, 2.05) is 13.1 Å². The SMILES string of the molecule is CNCC1CCN(S(=O)(=O)c2ccc(C#N)cc2C)CC1. The molecule has 1 saturated heterocycles. The van der Waals surface area contributed by atoms with Crippen LogP contribution in [0.4, 0.5) is 0 Å². The van der Waals surface area contributed by atoms with Crippen LogP contribution in [0.15, 0.2) is 23.1 Å². The fourth-order valence-electron chi connectivity index (χ4n) is 2.79. The molecule has 21 heavy (non-hydrogen) atoms. The zero-order valence-corrected chi connectivity index (χ0v) is 13.3. The molecule has 0 aromatic heterocycles. The Morgan fingerprint density at radius 2 is 2.05 bits per heavy atom. The molecule has 1 aromatic carbocycles. The second-order valence-electron chi connectivity index (χ2n) is 5.50. The summed E-state index contributed by atoms with van der Waals surface area (Å²) in [6.45, 7) is 3.80. The number of piperidine rings is 1. The number of rotatable bonds is 4. The van der Waals surface area contributed by atoms with Gasteiger partial charge in [-0.2, -0.15) is 9.57 Å². The molecule has 0 bridgehead atoms. The van der Waals surface area contributed by atoms with E-state index in [0.29, 0.717) is 35.0 Å². The second kappa shape index (κ2) is 6.56. The maximum absolute atomic E-state index is 12.7. The number of nitrogens with zero attached hydrogens (tertiary/aromatic N) is 2. The molecular formula is C15H21N3O2S. The van der Waals surface area contributed by atoms with Gasteiger partial charge < -0.3 is 5.32 Å². The zero-order chi connectivity index (χ0) is 15.5. The highest BCUT2D eigenvalue weighted by molar-refractivity contribution is 7.89. The number of nitriles is 1. The summed E-state index contributed by atoms with van der Waals surface area (Å²) < 4.78 is 27.0. The van der Waals surface area contributed by atoms with Gasteiger partial charge in [-0.25, -0.2) is 8.42 Å². The van der Waals surface area contributed by atoms with Crippen molar-refractivity contribution in [2.75, 3.05) is 26.7 Å². The molecule has 1 aliphatic rings. The van der Waals surface area contributed by atoms with Crippen molar-refractivity contribution in [2.24, 2.45) is 5.92 Å². The highest BCUT2D eigenvalue weighted by Crippen LogP contribution is 2.25. The molecule has 1 heterocycles. The molecule has 0 amide bonds. The average Bonchev–Trinajstić information content (AvgIpc) is 2.47. The highest BCUT2D eigenvalue weighted by atomic mass is 32.2. The van der Waals surface area contributed by atoms with Crippen molar-refractivity contribution in [1.29, 1.82) is 5.26 Å². The van der Waals surface area contributed by atoms with E-state index >= 15 is 0 Å². The van der Waals surface area contributed by atoms with Crippen LogP contribution in [-0.2, 0) is 10.0 Å². The smallest absolute Gasteiger partial charge is 0.243 e. The Morgan fingerprint density at radius 3 is 2.57 bits per heavy atom. The number of nitrogens with one attached hydrogen (secondary N) is 1. The minimum absolute atomic E-state index is 0.313. The van der Waals surface area contributed by atoms with Gasteiger partial charge in [-0.3, -0.25) is 0 Å². The number of benzene rings is 1. The first kappa shape index (κ1) is 16.0. The predicted molar refractivity (Wildman–Crippen MR) is 81.3 cm³/mol. The largest absolute Gasteiger partial charge is 0.319 e. The quantitative estimate of drug-likeness (QED) is 0.914. The first-order chi connectivity index (χ1) is 9.98. The lowest BCUT2D eigenvalue weighted by Crippen LogP contribution is -2.40. The van der Waals surface area contributed by atoms with E-state index in [4.69, 9.17) is 5.26 Å². The molecule has 1 fully saturated rings. The zero-order valence-electron chi connectivity index (χ0n) is 12.5. The molecule has 1 aliphatic heterocycles. The molecule has 1 N–H and O–H groups in total. The normalized spacial score (nSPS) is 17.6. The lowest BCUT2D eigenvalue weighted by Gasteiger charge is -2.31. The van der Waals surface area contributed by atoms with Crippen molar-refractivity contribution >= 4 is 10.0 Å². The van der Waals surface area contributed by atoms with E-state index in [1.54, 1.807) is 29.4 Å². The van der Waals surface area contributed by atoms with E-state index < -0.39 is 10.0 Å². The Kier molecular flexibility index (Phi) is 4.99. The van der Waals surface area contributed by atoms with Crippen molar-refractivity contribution in [3.05, 3.63) is 29.3 Å². The third-order valence-electron chi connectivity index (χ3n) is 3.99. The van der Waals surface area contributed by atoms with Crippen LogP contribution < -0.4 is 5.32 Å². The minimum atomic E-state index is -3.45. The first-order valence-electron chi connectivity index (χ1n) is 7.14. The van der Waals surface area contributed by atoms with Gasteiger partial charge in [-0.1, -0.05) is 0 Å². The molecule has 114 valence electrons. The number of sulfonamides is 1. The fourth-order valence-corrected chi connectivity index (χ4v) is 4.47. The Balaban J connectivity index is 2.18. The highest BCUT2D eigenvalue weighted by Gasteiger charge is 2.30. The van der Waals surface area contributed by atoms with E-state index in [1.165, 1.54) is 0 Å². The molecule has 0 atom stereocenters. The van der Waals surface area contributed by atoms with Crippen molar-refractivity contribution < 1.29 is 8.42 Å². The molecular weight excluding hydrogens is 286 g/mol. The monoisotopic (exact) mass is 307 g/mol. The van der Waals surface area contributed by atoms with Crippen LogP contribution in [0.1, 0.15) is 24.0 Å². The fraction of sp³-hybridized carbons (Fsp3) is 0.533. The minimum Gasteiger partial charge on any atom is -0.319 e.